The van der Waals surface area contributed by atoms with Gasteiger partial charge in [-0.2, -0.15) is 0 Å². The van der Waals surface area contributed by atoms with Crippen molar-refractivity contribution in [1.29, 1.82) is 0 Å². The van der Waals surface area contributed by atoms with Gasteiger partial charge >= 0.3 is 0 Å². The Labute approximate surface area is 161 Å². The molecule has 0 spiro atoms. The normalized spacial score (nSPS) is 39.5. The van der Waals surface area contributed by atoms with Gasteiger partial charge in [0.05, 0.1) is 0 Å². The zero-order valence-corrected chi connectivity index (χ0v) is 16.7. The third kappa shape index (κ3) is 3.50. The van der Waals surface area contributed by atoms with Gasteiger partial charge in [-0.25, -0.2) is 0 Å². The predicted molar refractivity (Wildman–Crippen MR) is 110 cm³/mol. The fourth-order valence-corrected chi connectivity index (χ4v) is 7.71. The van der Waals surface area contributed by atoms with Crippen molar-refractivity contribution < 1.29 is 0 Å². The molecule has 0 saturated heterocycles. The molecule has 0 bridgehead atoms. The lowest BCUT2D eigenvalue weighted by Crippen LogP contribution is -2.21. The van der Waals surface area contributed by atoms with Crippen LogP contribution in [0.3, 0.4) is 0 Å². The highest BCUT2D eigenvalue weighted by molar-refractivity contribution is 5.25. The molecule has 0 aromatic heterocycles. The molecule has 4 aliphatic rings. The Morgan fingerprint density at radius 1 is 0.577 bits per heavy atom. The van der Waals surface area contributed by atoms with Crippen LogP contribution in [0.4, 0.5) is 0 Å². The molecule has 0 heterocycles. The van der Waals surface area contributed by atoms with Gasteiger partial charge in [-0.1, -0.05) is 62.8 Å². The first-order valence-corrected chi connectivity index (χ1v) is 11.9. The Morgan fingerprint density at radius 3 is 1.62 bits per heavy atom. The van der Waals surface area contributed by atoms with Gasteiger partial charge in [0, 0.05) is 0 Å². The Kier molecular flexibility index (Phi) is 5.12. The van der Waals surface area contributed by atoms with E-state index in [0.717, 1.165) is 35.5 Å². The first-order valence-electron chi connectivity index (χ1n) is 11.9. The van der Waals surface area contributed by atoms with Crippen LogP contribution < -0.4 is 0 Å². The van der Waals surface area contributed by atoms with Crippen LogP contribution in [-0.2, 0) is 12.8 Å². The minimum atomic E-state index is 0.991. The molecule has 0 nitrogen and oxygen atoms in total. The molecule has 26 heavy (non-hydrogen) atoms. The molecule has 4 fully saturated rings. The van der Waals surface area contributed by atoms with Crippen LogP contribution in [0.2, 0.25) is 0 Å². The molecule has 5 rings (SSSR count). The first kappa shape index (κ1) is 17.3. The molecule has 0 amide bonds. The molecule has 1 aromatic rings. The van der Waals surface area contributed by atoms with Crippen LogP contribution >= 0.6 is 0 Å². The van der Waals surface area contributed by atoms with Crippen LogP contribution in [0.5, 0.6) is 0 Å². The predicted octanol–water partition coefficient (Wildman–Crippen LogP) is 7.20. The second-order valence-corrected chi connectivity index (χ2v) is 10.3. The van der Waals surface area contributed by atoms with E-state index in [0.29, 0.717) is 0 Å². The average molecular weight is 351 g/mol. The van der Waals surface area contributed by atoms with Crippen molar-refractivity contribution in [3.05, 3.63) is 35.4 Å². The van der Waals surface area contributed by atoms with Gasteiger partial charge < -0.3 is 0 Å². The van der Waals surface area contributed by atoms with Crippen molar-refractivity contribution in [2.45, 2.75) is 89.9 Å². The van der Waals surface area contributed by atoms with Gasteiger partial charge in [0.15, 0.2) is 0 Å². The standard InChI is InChI=1S/C26H38/c1-3-10-25-21(8-1)12-14-23(25)17-19-6-5-7-20(16-19)18-24-15-13-22-9-2-4-11-26(22)24/h5-7,16,21-26H,1-4,8-15,17-18H2. The SMILES string of the molecule is c1cc(CC2CCC3CCCCC32)cc(CC2CCC3CCCCC32)c1. The van der Waals surface area contributed by atoms with E-state index >= 15 is 0 Å². The molecule has 6 unspecified atom stereocenters. The number of hydrogen-bond donors (Lipinski definition) is 0. The second-order valence-electron chi connectivity index (χ2n) is 10.3. The summed E-state index contributed by atoms with van der Waals surface area (Å²) in [6, 6.07) is 9.83. The van der Waals surface area contributed by atoms with Crippen molar-refractivity contribution >= 4 is 0 Å². The van der Waals surface area contributed by atoms with Gasteiger partial charge in [0.2, 0.25) is 0 Å². The van der Waals surface area contributed by atoms with Crippen LogP contribution in [0.25, 0.3) is 0 Å². The highest BCUT2D eigenvalue weighted by Gasteiger charge is 2.38. The summed E-state index contributed by atoms with van der Waals surface area (Å²) < 4.78 is 0. The van der Waals surface area contributed by atoms with Gasteiger partial charge in [-0.15, -0.1) is 0 Å². The first-order chi connectivity index (χ1) is 12.9. The Bertz CT molecular complexity index is 553. The van der Waals surface area contributed by atoms with E-state index in [1.165, 1.54) is 89.9 Å². The highest BCUT2D eigenvalue weighted by atomic mass is 14.4. The summed E-state index contributed by atoms with van der Waals surface area (Å²) in [7, 11) is 0. The van der Waals surface area contributed by atoms with E-state index < -0.39 is 0 Å². The topological polar surface area (TPSA) is 0 Å². The monoisotopic (exact) mass is 350 g/mol. The van der Waals surface area contributed by atoms with Gasteiger partial charge in [0.25, 0.3) is 0 Å². The molecular weight excluding hydrogens is 312 g/mol. The maximum atomic E-state index is 2.60. The van der Waals surface area contributed by atoms with E-state index in [4.69, 9.17) is 0 Å². The number of rotatable bonds is 4. The molecule has 6 atom stereocenters. The van der Waals surface area contributed by atoms with Crippen LogP contribution in [0.15, 0.2) is 24.3 Å². The van der Waals surface area contributed by atoms with Crippen LogP contribution in [-0.4, -0.2) is 0 Å². The second kappa shape index (κ2) is 7.69. The maximum absolute atomic E-state index is 2.60. The van der Waals surface area contributed by atoms with E-state index in [-0.39, 0.29) is 0 Å². The third-order valence-corrected chi connectivity index (χ3v) is 8.95. The van der Waals surface area contributed by atoms with E-state index in [1.54, 1.807) is 11.1 Å². The molecule has 142 valence electrons. The zero-order valence-electron chi connectivity index (χ0n) is 16.7. The summed E-state index contributed by atoms with van der Waals surface area (Å²) in [6.45, 7) is 0. The van der Waals surface area contributed by atoms with E-state index in [1.807, 2.05) is 0 Å². The molecular formula is C26H38. The smallest absolute Gasteiger partial charge is 0.0248 e. The minimum Gasteiger partial charge on any atom is -0.0617 e. The molecule has 1 aromatic carbocycles. The maximum Gasteiger partial charge on any atom is -0.0248 e. The Morgan fingerprint density at radius 2 is 1.08 bits per heavy atom. The number of hydrogen-bond acceptors (Lipinski definition) is 0. The summed E-state index contributed by atoms with van der Waals surface area (Å²) in [5, 5.41) is 0. The summed E-state index contributed by atoms with van der Waals surface area (Å²) in [6.07, 6.45) is 20.9. The lowest BCUT2D eigenvalue weighted by atomic mass is 9.75. The molecule has 4 aliphatic carbocycles. The highest BCUT2D eigenvalue weighted by Crippen LogP contribution is 2.48. The summed E-state index contributed by atoms with van der Waals surface area (Å²) >= 11 is 0. The van der Waals surface area contributed by atoms with Gasteiger partial charge in [-0.05, 0) is 98.0 Å². The number of fused-ring (bicyclic) bond motifs is 2. The van der Waals surface area contributed by atoms with Crippen molar-refractivity contribution in [2.24, 2.45) is 35.5 Å². The largest absolute Gasteiger partial charge is 0.0617 e. The van der Waals surface area contributed by atoms with Gasteiger partial charge in [-0.3, -0.25) is 0 Å². The van der Waals surface area contributed by atoms with E-state index in [9.17, 15) is 0 Å². The molecule has 0 heteroatoms. The molecule has 0 aliphatic heterocycles. The average Bonchev–Trinajstić information content (AvgIpc) is 3.27. The summed E-state index contributed by atoms with van der Waals surface area (Å²) in [5.74, 6) is 6.27. The lowest BCUT2D eigenvalue weighted by molar-refractivity contribution is 0.226. The summed E-state index contributed by atoms with van der Waals surface area (Å²) in [5.41, 5.74) is 3.30. The molecule has 0 radical (unpaired) electrons. The zero-order chi connectivity index (χ0) is 17.3. The fraction of sp³-hybridized carbons (Fsp3) is 0.769. The van der Waals surface area contributed by atoms with Crippen molar-refractivity contribution in [1.82, 2.24) is 0 Å². The van der Waals surface area contributed by atoms with Crippen molar-refractivity contribution in [3.8, 4) is 0 Å². The molecule has 0 N–H and O–H groups in total. The quantitative estimate of drug-likeness (QED) is 0.538. The van der Waals surface area contributed by atoms with Crippen LogP contribution in [0, 0.1) is 35.5 Å². The van der Waals surface area contributed by atoms with Crippen molar-refractivity contribution in [2.75, 3.05) is 0 Å². The lowest BCUT2D eigenvalue weighted by Gasteiger charge is -2.30. The minimum absolute atomic E-state index is 0.991. The fourth-order valence-electron chi connectivity index (χ4n) is 7.71. The van der Waals surface area contributed by atoms with E-state index in [2.05, 4.69) is 24.3 Å². The van der Waals surface area contributed by atoms with Gasteiger partial charge in [0.1, 0.15) is 0 Å². The van der Waals surface area contributed by atoms with Crippen LogP contribution in [0.1, 0.15) is 88.2 Å². The summed E-state index contributed by atoms with van der Waals surface area (Å²) in [4.78, 5) is 0. The van der Waals surface area contributed by atoms with Crippen molar-refractivity contribution in [3.63, 3.8) is 0 Å². The molecule has 4 saturated carbocycles. The Hall–Kier alpha value is -0.780. The Balaban J connectivity index is 1.23. The third-order valence-electron chi connectivity index (χ3n) is 8.95. The number of benzene rings is 1.